The maximum absolute atomic E-state index is 4.54. The Hall–Kier alpha value is -2.15. The zero-order valence-corrected chi connectivity index (χ0v) is 14.1. The van der Waals surface area contributed by atoms with Gasteiger partial charge < -0.3 is 15.5 Å². The Morgan fingerprint density at radius 3 is 3.04 bits per heavy atom. The van der Waals surface area contributed by atoms with Crippen LogP contribution in [0.2, 0.25) is 0 Å². The molecule has 1 unspecified atom stereocenters. The monoisotopic (exact) mass is 327 g/mol. The van der Waals surface area contributed by atoms with E-state index < -0.39 is 0 Å². The number of aromatic nitrogens is 4. The fraction of sp³-hybridized carbons (Fsp3) is 0.588. The number of hydrogen-bond acceptors (Lipinski definition) is 6. The lowest BCUT2D eigenvalue weighted by atomic mass is 9.99. The zero-order valence-electron chi connectivity index (χ0n) is 14.1. The molecule has 1 saturated carbocycles. The molecule has 0 bridgehead atoms. The summed E-state index contributed by atoms with van der Waals surface area (Å²) in [7, 11) is 2.19. The summed E-state index contributed by atoms with van der Waals surface area (Å²) in [5.74, 6) is 3.59. The molecule has 1 aliphatic heterocycles. The first-order valence-electron chi connectivity index (χ1n) is 8.84. The van der Waals surface area contributed by atoms with Gasteiger partial charge in [-0.25, -0.2) is 4.98 Å². The number of rotatable bonds is 6. The van der Waals surface area contributed by atoms with Crippen LogP contribution in [0.4, 0.5) is 17.6 Å². The SMILES string of the molecule is CN1CCCC(CNc2nccc(Nc3cc(C4CC4)[nH]n3)n2)C1. The van der Waals surface area contributed by atoms with Crippen LogP contribution in [0, 0.1) is 5.92 Å². The van der Waals surface area contributed by atoms with E-state index in [1.807, 2.05) is 6.07 Å². The molecule has 1 aliphatic carbocycles. The normalized spacial score (nSPS) is 21.6. The molecule has 1 atom stereocenters. The van der Waals surface area contributed by atoms with E-state index in [4.69, 9.17) is 0 Å². The molecule has 2 aromatic heterocycles. The predicted molar refractivity (Wildman–Crippen MR) is 94.6 cm³/mol. The van der Waals surface area contributed by atoms with Gasteiger partial charge in [0, 0.05) is 37.0 Å². The average Bonchev–Trinajstić information content (AvgIpc) is 3.34. The first kappa shape index (κ1) is 15.4. The van der Waals surface area contributed by atoms with Crippen molar-refractivity contribution in [1.29, 1.82) is 0 Å². The Kier molecular flexibility index (Phi) is 4.34. The highest BCUT2D eigenvalue weighted by molar-refractivity contribution is 5.53. The first-order valence-corrected chi connectivity index (χ1v) is 8.84. The largest absolute Gasteiger partial charge is 0.354 e. The number of nitrogens with zero attached hydrogens (tertiary/aromatic N) is 4. The Bertz CT molecular complexity index is 679. The van der Waals surface area contributed by atoms with Gasteiger partial charge in [-0.15, -0.1) is 0 Å². The van der Waals surface area contributed by atoms with Crippen molar-refractivity contribution >= 4 is 17.6 Å². The second-order valence-electron chi connectivity index (χ2n) is 7.02. The molecule has 1 saturated heterocycles. The lowest BCUT2D eigenvalue weighted by Gasteiger charge is -2.29. The Morgan fingerprint density at radius 1 is 1.29 bits per heavy atom. The lowest BCUT2D eigenvalue weighted by Crippen LogP contribution is -2.35. The van der Waals surface area contributed by atoms with E-state index in [0.29, 0.717) is 17.8 Å². The quantitative estimate of drug-likeness (QED) is 0.756. The molecule has 128 valence electrons. The summed E-state index contributed by atoms with van der Waals surface area (Å²) in [6.07, 6.45) is 6.85. The van der Waals surface area contributed by atoms with Crippen molar-refractivity contribution < 1.29 is 0 Å². The fourth-order valence-electron chi connectivity index (χ4n) is 3.32. The van der Waals surface area contributed by atoms with Crippen LogP contribution < -0.4 is 10.6 Å². The molecule has 0 spiro atoms. The molecule has 2 fully saturated rings. The summed E-state index contributed by atoms with van der Waals surface area (Å²) in [6.45, 7) is 3.27. The first-order chi connectivity index (χ1) is 11.8. The summed E-state index contributed by atoms with van der Waals surface area (Å²) >= 11 is 0. The minimum atomic E-state index is 0.663. The van der Waals surface area contributed by atoms with E-state index in [-0.39, 0.29) is 0 Å². The summed E-state index contributed by atoms with van der Waals surface area (Å²) < 4.78 is 0. The molecular weight excluding hydrogens is 302 g/mol. The van der Waals surface area contributed by atoms with Gasteiger partial charge in [0.15, 0.2) is 5.82 Å². The molecule has 0 radical (unpaired) electrons. The highest BCUT2D eigenvalue weighted by Gasteiger charge is 2.25. The summed E-state index contributed by atoms with van der Waals surface area (Å²) in [5.41, 5.74) is 1.21. The zero-order chi connectivity index (χ0) is 16.4. The van der Waals surface area contributed by atoms with E-state index in [1.165, 1.54) is 37.9 Å². The van der Waals surface area contributed by atoms with Crippen LogP contribution in [-0.4, -0.2) is 51.7 Å². The van der Waals surface area contributed by atoms with Gasteiger partial charge >= 0.3 is 0 Å². The van der Waals surface area contributed by atoms with Gasteiger partial charge in [-0.1, -0.05) is 0 Å². The third-order valence-corrected chi connectivity index (χ3v) is 4.80. The lowest BCUT2D eigenvalue weighted by molar-refractivity contribution is 0.217. The number of nitrogens with one attached hydrogen (secondary N) is 3. The van der Waals surface area contributed by atoms with Gasteiger partial charge in [0.05, 0.1) is 0 Å². The molecular formula is C17H25N7. The predicted octanol–water partition coefficient (Wildman–Crippen LogP) is 2.57. The van der Waals surface area contributed by atoms with Crippen molar-refractivity contribution in [3.8, 4) is 0 Å². The molecule has 4 rings (SSSR count). The topological polar surface area (TPSA) is 81.8 Å². The van der Waals surface area contributed by atoms with Crippen LogP contribution in [-0.2, 0) is 0 Å². The van der Waals surface area contributed by atoms with Crippen molar-refractivity contribution in [2.24, 2.45) is 5.92 Å². The van der Waals surface area contributed by atoms with Crippen LogP contribution in [0.5, 0.6) is 0 Å². The van der Waals surface area contributed by atoms with Crippen molar-refractivity contribution in [2.45, 2.75) is 31.6 Å². The van der Waals surface area contributed by atoms with Crippen LogP contribution in [0.3, 0.4) is 0 Å². The minimum Gasteiger partial charge on any atom is -0.354 e. The molecule has 3 N–H and O–H groups in total. The maximum Gasteiger partial charge on any atom is 0.224 e. The maximum atomic E-state index is 4.54. The molecule has 7 heteroatoms. The summed E-state index contributed by atoms with van der Waals surface area (Å²) in [6, 6.07) is 3.94. The van der Waals surface area contributed by atoms with E-state index in [9.17, 15) is 0 Å². The van der Waals surface area contributed by atoms with Gasteiger partial charge in [0.2, 0.25) is 5.95 Å². The second-order valence-corrected chi connectivity index (χ2v) is 7.02. The number of hydrogen-bond donors (Lipinski definition) is 3. The average molecular weight is 327 g/mol. The van der Waals surface area contributed by atoms with Crippen LogP contribution >= 0.6 is 0 Å². The number of likely N-dealkylation sites (tertiary alicyclic amines) is 1. The Morgan fingerprint density at radius 2 is 2.21 bits per heavy atom. The second kappa shape index (κ2) is 6.76. The Balaban J connectivity index is 1.34. The van der Waals surface area contributed by atoms with Crippen LogP contribution in [0.25, 0.3) is 0 Å². The Labute approximate surface area is 142 Å². The van der Waals surface area contributed by atoms with Gasteiger partial charge in [-0.2, -0.15) is 10.1 Å². The number of H-pyrrole nitrogens is 1. The number of piperidine rings is 1. The molecule has 0 amide bonds. The van der Waals surface area contributed by atoms with E-state index in [2.05, 4.69) is 48.8 Å². The van der Waals surface area contributed by atoms with Gasteiger partial charge in [0.1, 0.15) is 5.82 Å². The van der Waals surface area contributed by atoms with E-state index in [0.717, 1.165) is 24.7 Å². The standard InChI is InChI=1S/C17H25N7/c1-24-8-2-3-12(11-24)10-19-17-18-7-6-15(21-17)20-16-9-14(22-23-16)13-4-5-13/h6-7,9,12-13H,2-5,8,10-11H2,1H3,(H3,18,19,20,21,22,23). The summed E-state index contributed by atoms with van der Waals surface area (Å²) in [5, 5.41) is 14.0. The van der Waals surface area contributed by atoms with Gasteiger partial charge in [0.25, 0.3) is 0 Å². The molecule has 0 aromatic carbocycles. The number of anilines is 3. The molecule has 24 heavy (non-hydrogen) atoms. The van der Waals surface area contributed by atoms with Crippen molar-refractivity contribution in [1.82, 2.24) is 25.1 Å². The third kappa shape index (κ3) is 3.84. The highest BCUT2D eigenvalue weighted by Crippen LogP contribution is 2.39. The van der Waals surface area contributed by atoms with E-state index >= 15 is 0 Å². The van der Waals surface area contributed by atoms with Crippen LogP contribution in [0.1, 0.15) is 37.3 Å². The van der Waals surface area contributed by atoms with Crippen molar-refractivity contribution in [3.63, 3.8) is 0 Å². The minimum absolute atomic E-state index is 0.663. The van der Waals surface area contributed by atoms with Gasteiger partial charge in [-0.05, 0) is 51.3 Å². The smallest absolute Gasteiger partial charge is 0.224 e. The molecule has 2 aromatic rings. The summed E-state index contributed by atoms with van der Waals surface area (Å²) in [4.78, 5) is 11.3. The van der Waals surface area contributed by atoms with Crippen molar-refractivity contribution in [2.75, 3.05) is 37.3 Å². The third-order valence-electron chi connectivity index (χ3n) is 4.80. The number of aromatic amines is 1. The fourth-order valence-corrected chi connectivity index (χ4v) is 3.32. The van der Waals surface area contributed by atoms with Gasteiger partial charge in [-0.3, -0.25) is 5.10 Å². The molecule has 7 nitrogen and oxygen atoms in total. The highest BCUT2D eigenvalue weighted by atomic mass is 15.2. The van der Waals surface area contributed by atoms with Crippen molar-refractivity contribution in [3.05, 3.63) is 24.0 Å². The molecule has 3 heterocycles. The van der Waals surface area contributed by atoms with E-state index in [1.54, 1.807) is 6.20 Å². The molecule has 2 aliphatic rings. The van der Waals surface area contributed by atoms with Crippen LogP contribution in [0.15, 0.2) is 18.3 Å².